The molecule has 2 aromatic heterocycles. The number of halogens is 1. The summed E-state index contributed by atoms with van der Waals surface area (Å²) in [5, 5.41) is 3.73. The van der Waals surface area contributed by atoms with E-state index < -0.39 is 0 Å². The number of aromatic amines is 1. The highest BCUT2D eigenvalue weighted by Crippen LogP contribution is 2.34. The largest absolute Gasteiger partial charge is 0.341 e. The smallest absolute Gasteiger partial charge is 0.121 e. The van der Waals surface area contributed by atoms with Gasteiger partial charge in [0.05, 0.1) is 29.3 Å². The molecule has 1 aromatic carbocycles. The van der Waals surface area contributed by atoms with Crippen LogP contribution in [0.1, 0.15) is 55.2 Å². The van der Waals surface area contributed by atoms with Gasteiger partial charge in [0, 0.05) is 18.8 Å². The summed E-state index contributed by atoms with van der Waals surface area (Å²) in [5.41, 5.74) is 4.87. The molecule has 3 aromatic rings. The van der Waals surface area contributed by atoms with Crippen LogP contribution in [0, 0.1) is 0 Å². The zero-order valence-corrected chi connectivity index (χ0v) is 18.5. The number of imidazole rings is 1. The normalized spacial score (nSPS) is 21.7. The molecule has 5 nitrogen and oxygen atoms in total. The first-order valence-corrected chi connectivity index (χ1v) is 10.7. The lowest BCUT2D eigenvalue weighted by Crippen LogP contribution is -2.45. The number of hydrogen-bond donors (Lipinski definition) is 2. The van der Waals surface area contributed by atoms with Gasteiger partial charge in [0.1, 0.15) is 5.82 Å². The molecule has 154 valence electrons. The van der Waals surface area contributed by atoms with Gasteiger partial charge in [-0.1, -0.05) is 24.6 Å². The summed E-state index contributed by atoms with van der Waals surface area (Å²) in [5.74, 6) is 1.06. The number of fused-ring (bicyclic) bond motifs is 2. The van der Waals surface area contributed by atoms with E-state index in [4.69, 9.17) is 9.97 Å². The van der Waals surface area contributed by atoms with Crippen molar-refractivity contribution in [1.82, 2.24) is 25.2 Å². The SMILES string of the molecule is Br.c1cnc2c(c1)CCCC2N(Cc1nc2ccccc2[nH]1)CC1CCCCN1. The number of nitrogens with zero attached hydrogens (tertiary/aromatic N) is 3. The van der Waals surface area contributed by atoms with Crippen LogP contribution in [0.4, 0.5) is 0 Å². The highest BCUT2D eigenvalue weighted by molar-refractivity contribution is 8.93. The summed E-state index contributed by atoms with van der Waals surface area (Å²) >= 11 is 0. The second kappa shape index (κ2) is 9.37. The van der Waals surface area contributed by atoms with E-state index in [0.717, 1.165) is 42.9 Å². The topological polar surface area (TPSA) is 56.8 Å². The Kier molecular flexibility index (Phi) is 6.63. The van der Waals surface area contributed by atoms with Crippen molar-refractivity contribution >= 4 is 28.0 Å². The maximum atomic E-state index is 4.86. The molecule has 5 rings (SSSR count). The van der Waals surface area contributed by atoms with Gasteiger partial charge < -0.3 is 10.3 Å². The molecule has 3 heterocycles. The Morgan fingerprint density at radius 2 is 1.97 bits per heavy atom. The summed E-state index contributed by atoms with van der Waals surface area (Å²) < 4.78 is 0. The predicted octanol–water partition coefficient (Wildman–Crippen LogP) is 4.56. The van der Waals surface area contributed by atoms with Crippen molar-refractivity contribution in [3.63, 3.8) is 0 Å². The Bertz CT molecular complexity index is 901. The van der Waals surface area contributed by atoms with Crippen molar-refractivity contribution in [2.75, 3.05) is 13.1 Å². The van der Waals surface area contributed by atoms with Gasteiger partial charge in [0.15, 0.2) is 0 Å². The molecule has 0 radical (unpaired) electrons. The van der Waals surface area contributed by atoms with E-state index in [0.29, 0.717) is 12.1 Å². The molecule has 0 bridgehead atoms. The zero-order valence-electron chi connectivity index (χ0n) is 16.8. The third kappa shape index (κ3) is 4.55. The highest BCUT2D eigenvalue weighted by Gasteiger charge is 2.30. The van der Waals surface area contributed by atoms with Crippen molar-refractivity contribution in [3.8, 4) is 0 Å². The molecule has 2 unspecified atom stereocenters. The number of benzene rings is 1. The standard InChI is InChI=1S/C23H29N5.BrH/c1-2-11-20-19(10-1)26-22(27-20)16-28(15-18-9-3-4-13-24-18)21-12-5-7-17-8-6-14-25-23(17)21;/h1-2,6,8,10-11,14,18,21,24H,3-5,7,9,12-13,15-16H2,(H,26,27);1H. The van der Waals surface area contributed by atoms with E-state index in [-0.39, 0.29) is 17.0 Å². The third-order valence-electron chi connectivity index (χ3n) is 6.26. The van der Waals surface area contributed by atoms with Crippen LogP contribution >= 0.6 is 17.0 Å². The fourth-order valence-electron chi connectivity index (χ4n) is 4.88. The molecule has 0 saturated carbocycles. The molecule has 1 aliphatic carbocycles. The summed E-state index contributed by atoms with van der Waals surface area (Å²) in [4.78, 5) is 15.8. The molecule has 1 aliphatic heterocycles. The third-order valence-corrected chi connectivity index (χ3v) is 6.26. The van der Waals surface area contributed by atoms with Crippen LogP contribution < -0.4 is 5.32 Å². The molecular formula is C23H30BrN5. The number of H-pyrrole nitrogens is 1. The van der Waals surface area contributed by atoms with Gasteiger partial charge in [-0.05, 0) is 62.4 Å². The van der Waals surface area contributed by atoms with Crippen LogP contribution in [0.5, 0.6) is 0 Å². The lowest BCUT2D eigenvalue weighted by Gasteiger charge is -2.37. The Morgan fingerprint density at radius 3 is 2.83 bits per heavy atom. The molecule has 0 spiro atoms. The van der Waals surface area contributed by atoms with Crippen LogP contribution in [0.15, 0.2) is 42.6 Å². The number of rotatable bonds is 5. The zero-order chi connectivity index (χ0) is 18.8. The molecule has 2 atom stereocenters. The minimum absolute atomic E-state index is 0. The number of aryl methyl sites for hydroxylation is 1. The number of aromatic nitrogens is 3. The molecule has 2 aliphatic rings. The number of hydrogen-bond acceptors (Lipinski definition) is 4. The first-order valence-electron chi connectivity index (χ1n) is 10.7. The first-order chi connectivity index (χ1) is 13.9. The average molecular weight is 456 g/mol. The number of para-hydroxylation sites is 2. The molecule has 2 N–H and O–H groups in total. The highest BCUT2D eigenvalue weighted by atomic mass is 79.9. The minimum atomic E-state index is 0. The summed E-state index contributed by atoms with van der Waals surface area (Å²) in [7, 11) is 0. The fraction of sp³-hybridized carbons (Fsp3) is 0.478. The van der Waals surface area contributed by atoms with Gasteiger partial charge in [-0.25, -0.2) is 4.98 Å². The van der Waals surface area contributed by atoms with Crippen molar-refractivity contribution in [2.24, 2.45) is 0 Å². The van der Waals surface area contributed by atoms with Crippen molar-refractivity contribution in [1.29, 1.82) is 0 Å². The van der Waals surface area contributed by atoms with Gasteiger partial charge in [0.25, 0.3) is 0 Å². The van der Waals surface area contributed by atoms with Crippen molar-refractivity contribution in [2.45, 2.75) is 57.2 Å². The van der Waals surface area contributed by atoms with E-state index in [1.54, 1.807) is 0 Å². The van der Waals surface area contributed by atoms with Crippen LogP contribution in [0.2, 0.25) is 0 Å². The van der Waals surface area contributed by atoms with Crippen LogP contribution in [0.3, 0.4) is 0 Å². The van der Waals surface area contributed by atoms with Crippen molar-refractivity contribution < 1.29 is 0 Å². The Labute approximate surface area is 183 Å². The molecule has 0 amide bonds. The second-order valence-electron chi connectivity index (χ2n) is 8.23. The summed E-state index contributed by atoms with van der Waals surface area (Å²) in [6, 6.07) is 13.6. The maximum Gasteiger partial charge on any atom is 0.121 e. The first kappa shape index (κ1) is 20.5. The molecule has 1 fully saturated rings. The minimum Gasteiger partial charge on any atom is -0.341 e. The average Bonchev–Trinajstić information content (AvgIpc) is 3.16. The summed E-state index contributed by atoms with van der Waals surface area (Å²) in [6.45, 7) is 3.04. The number of piperidine rings is 1. The van der Waals surface area contributed by atoms with Crippen LogP contribution in [-0.4, -0.2) is 39.0 Å². The molecule has 6 heteroatoms. The van der Waals surface area contributed by atoms with E-state index in [1.165, 1.54) is 43.4 Å². The summed E-state index contributed by atoms with van der Waals surface area (Å²) in [6.07, 6.45) is 9.41. The second-order valence-corrected chi connectivity index (χ2v) is 8.23. The quantitative estimate of drug-likeness (QED) is 0.591. The van der Waals surface area contributed by atoms with E-state index in [9.17, 15) is 0 Å². The van der Waals surface area contributed by atoms with E-state index >= 15 is 0 Å². The lowest BCUT2D eigenvalue weighted by atomic mass is 9.90. The van der Waals surface area contributed by atoms with Gasteiger partial charge in [0.2, 0.25) is 0 Å². The number of nitrogens with one attached hydrogen (secondary N) is 2. The molecule has 1 saturated heterocycles. The van der Waals surface area contributed by atoms with Gasteiger partial charge in [-0.15, -0.1) is 17.0 Å². The Hall–Kier alpha value is -1.76. The van der Waals surface area contributed by atoms with Gasteiger partial charge in [-0.3, -0.25) is 9.88 Å². The number of pyridine rings is 1. The molecular weight excluding hydrogens is 426 g/mol. The fourth-order valence-corrected chi connectivity index (χ4v) is 4.88. The van der Waals surface area contributed by atoms with Crippen LogP contribution in [0.25, 0.3) is 11.0 Å². The Morgan fingerprint density at radius 1 is 1.03 bits per heavy atom. The molecule has 29 heavy (non-hydrogen) atoms. The van der Waals surface area contributed by atoms with Gasteiger partial charge >= 0.3 is 0 Å². The predicted molar refractivity (Wildman–Crippen MR) is 122 cm³/mol. The van der Waals surface area contributed by atoms with E-state index in [2.05, 4.69) is 51.6 Å². The van der Waals surface area contributed by atoms with E-state index in [1.807, 2.05) is 6.20 Å². The lowest BCUT2D eigenvalue weighted by molar-refractivity contribution is 0.137. The maximum absolute atomic E-state index is 4.86. The van der Waals surface area contributed by atoms with Crippen LogP contribution in [-0.2, 0) is 13.0 Å². The Balaban J connectivity index is 0.00000205. The van der Waals surface area contributed by atoms with Gasteiger partial charge in [-0.2, -0.15) is 0 Å². The monoisotopic (exact) mass is 455 g/mol. The van der Waals surface area contributed by atoms with Crippen molar-refractivity contribution in [3.05, 3.63) is 59.7 Å².